The Balaban J connectivity index is 2.45. The van der Waals surface area contributed by atoms with Crippen molar-refractivity contribution in [1.82, 2.24) is 14.8 Å². The minimum atomic E-state index is -3.66. The standard InChI is InChI=1S/C10H10N4O3S/c1-14-6-8(5-13-14)18(16,17)7-2-3-9(10(11)15)12-4-7/h2-6H,1H3,(H2,11,15). The number of hydrogen-bond donors (Lipinski definition) is 1. The van der Waals surface area contributed by atoms with Crippen molar-refractivity contribution in [3.8, 4) is 0 Å². The monoisotopic (exact) mass is 266 g/mol. The van der Waals surface area contributed by atoms with Gasteiger partial charge in [-0.3, -0.25) is 9.48 Å². The van der Waals surface area contributed by atoms with Crippen molar-refractivity contribution in [2.24, 2.45) is 12.8 Å². The lowest BCUT2D eigenvalue weighted by Gasteiger charge is -2.01. The third kappa shape index (κ3) is 2.09. The predicted octanol–water partition coefficient (Wildman–Crippen LogP) is -0.253. The van der Waals surface area contributed by atoms with Gasteiger partial charge in [0.15, 0.2) is 0 Å². The van der Waals surface area contributed by atoms with Crippen LogP contribution in [-0.2, 0) is 16.9 Å². The van der Waals surface area contributed by atoms with Crippen molar-refractivity contribution in [3.05, 3.63) is 36.4 Å². The Bertz CT molecular complexity index is 688. The van der Waals surface area contributed by atoms with Gasteiger partial charge in [0.25, 0.3) is 5.91 Å². The fourth-order valence-corrected chi connectivity index (χ4v) is 2.55. The molecule has 1 amide bonds. The van der Waals surface area contributed by atoms with Crippen molar-refractivity contribution in [2.45, 2.75) is 9.79 Å². The molecule has 0 aliphatic rings. The number of amides is 1. The Labute approximate surface area is 103 Å². The summed E-state index contributed by atoms with van der Waals surface area (Å²) in [6, 6.07) is 2.56. The summed E-state index contributed by atoms with van der Waals surface area (Å²) in [6.45, 7) is 0. The van der Waals surface area contributed by atoms with Gasteiger partial charge in [0.1, 0.15) is 10.6 Å². The molecule has 0 fully saturated rings. The van der Waals surface area contributed by atoms with Crippen molar-refractivity contribution in [3.63, 3.8) is 0 Å². The number of aromatic nitrogens is 3. The number of nitrogens with two attached hydrogens (primary N) is 1. The number of hydrogen-bond acceptors (Lipinski definition) is 5. The molecule has 0 radical (unpaired) electrons. The van der Waals surface area contributed by atoms with Gasteiger partial charge in [-0.25, -0.2) is 13.4 Å². The summed E-state index contributed by atoms with van der Waals surface area (Å²) in [4.78, 5) is 14.6. The van der Waals surface area contributed by atoms with Crippen LogP contribution in [0.1, 0.15) is 10.5 Å². The molecule has 8 heteroatoms. The van der Waals surface area contributed by atoms with E-state index in [9.17, 15) is 13.2 Å². The zero-order chi connectivity index (χ0) is 13.3. The van der Waals surface area contributed by atoms with Crippen LogP contribution in [-0.4, -0.2) is 29.1 Å². The van der Waals surface area contributed by atoms with Crippen LogP contribution in [0.2, 0.25) is 0 Å². The molecule has 0 aliphatic carbocycles. The molecule has 0 unspecified atom stereocenters. The van der Waals surface area contributed by atoms with Gasteiger partial charge in [-0.05, 0) is 12.1 Å². The first-order valence-electron chi connectivity index (χ1n) is 4.91. The van der Waals surface area contributed by atoms with E-state index in [4.69, 9.17) is 5.73 Å². The second-order valence-electron chi connectivity index (χ2n) is 3.60. The Morgan fingerprint density at radius 3 is 2.44 bits per heavy atom. The topological polar surface area (TPSA) is 108 Å². The Morgan fingerprint density at radius 1 is 1.28 bits per heavy atom. The Hall–Kier alpha value is -2.22. The van der Waals surface area contributed by atoms with E-state index in [0.717, 1.165) is 6.20 Å². The van der Waals surface area contributed by atoms with E-state index in [1.165, 1.54) is 29.2 Å². The maximum Gasteiger partial charge on any atom is 0.267 e. The number of sulfone groups is 1. The SMILES string of the molecule is Cn1cc(S(=O)(=O)c2ccc(C(N)=O)nc2)cn1. The van der Waals surface area contributed by atoms with Gasteiger partial charge in [-0.15, -0.1) is 0 Å². The largest absolute Gasteiger partial charge is 0.364 e. The van der Waals surface area contributed by atoms with E-state index in [1.54, 1.807) is 7.05 Å². The number of rotatable bonds is 3. The average molecular weight is 266 g/mol. The third-order valence-corrected chi connectivity index (χ3v) is 3.98. The van der Waals surface area contributed by atoms with Gasteiger partial charge in [0.05, 0.1) is 11.1 Å². The smallest absolute Gasteiger partial charge is 0.267 e. The number of carbonyl (C=O) groups is 1. The molecule has 0 atom stereocenters. The summed E-state index contributed by atoms with van der Waals surface area (Å²) in [7, 11) is -2.04. The molecule has 2 rings (SSSR count). The highest BCUT2D eigenvalue weighted by atomic mass is 32.2. The summed E-state index contributed by atoms with van der Waals surface area (Å²) in [5.74, 6) is -0.708. The molecule has 0 aromatic carbocycles. The van der Waals surface area contributed by atoms with Gasteiger partial charge in [0.2, 0.25) is 9.84 Å². The van der Waals surface area contributed by atoms with E-state index < -0.39 is 15.7 Å². The molecule has 7 nitrogen and oxygen atoms in total. The van der Waals surface area contributed by atoms with Crippen molar-refractivity contribution >= 4 is 15.7 Å². The van der Waals surface area contributed by atoms with Crippen molar-refractivity contribution in [1.29, 1.82) is 0 Å². The molecule has 2 heterocycles. The van der Waals surface area contributed by atoms with Gasteiger partial charge in [0, 0.05) is 19.4 Å². The molecule has 2 aromatic rings. The predicted molar refractivity (Wildman–Crippen MR) is 61.4 cm³/mol. The van der Waals surface area contributed by atoms with Crippen LogP contribution < -0.4 is 5.73 Å². The molecule has 0 saturated heterocycles. The zero-order valence-electron chi connectivity index (χ0n) is 9.44. The highest BCUT2D eigenvalue weighted by Crippen LogP contribution is 2.19. The van der Waals surface area contributed by atoms with Gasteiger partial charge >= 0.3 is 0 Å². The number of aryl methyl sites for hydroxylation is 1. The van der Waals surface area contributed by atoms with E-state index in [0.29, 0.717) is 0 Å². The van der Waals surface area contributed by atoms with E-state index in [-0.39, 0.29) is 15.5 Å². The quantitative estimate of drug-likeness (QED) is 0.823. The van der Waals surface area contributed by atoms with E-state index >= 15 is 0 Å². The third-order valence-electron chi connectivity index (χ3n) is 2.29. The lowest BCUT2D eigenvalue weighted by atomic mass is 10.3. The van der Waals surface area contributed by atoms with Crippen LogP contribution in [0.15, 0.2) is 40.5 Å². The summed E-state index contributed by atoms with van der Waals surface area (Å²) < 4.78 is 25.6. The van der Waals surface area contributed by atoms with Crippen LogP contribution in [0.4, 0.5) is 0 Å². The molecule has 2 aromatic heterocycles. The maximum absolute atomic E-state index is 12.1. The average Bonchev–Trinajstić information content (AvgIpc) is 2.76. The van der Waals surface area contributed by atoms with Crippen LogP contribution in [0.5, 0.6) is 0 Å². The summed E-state index contributed by atoms with van der Waals surface area (Å²) in [5.41, 5.74) is 5.04. The molecule has 0 spiro atoms. The Kier molecular flexibility index (Phi) is 2.87. The molecule has 2 N–H and O–H groups in total. The highest BCUT2D eigenvalue weighted by molar-refractivity contribution is 7.91. The molecule has 18 heavy (non-hydrogen) atoms. The molecular formula is C10H10N4O3S. The zero-order valence-corrected chi connectivity index (χ0v) is 10.3. The van der Waals surface area contributed by atoms with Gasteiger partial charge < -0.3 is 5.73 Å². The Morgan fingerprint density at radius 2 is 2.00 bits per heavy atom. The number of primary amides is 1. The molecule has 94 valence electrons. The molecule has 0 saturated carbocycles. The fourth-order valence-electron chi connectivity index (χ4n) is 1.36. The summed E-state index contributed by atoms with van der Waals surface area (Å²) >= 11 is 0. The second-order valence-corrected chi connectivity index (χ2v) is 5.55. The van der Waals surface area contributed by atoms with Gasteiger partial charge in [-0.2, -0.15) is 5.10 Å². The molecule has 0 aliphatic heterocycles. The number of nitrogens with zero attached hydrogens (tertiary/aromatic N) is 3. The number of carbonyl (C=O) groups excluding carboxylic acids is 1. The first-order chi connectivity index (χ1) is 8.41. The lowest BCUT2D eigenvalue weighted by Crippen LogP contribution is -2.13. The second kappa shape index (κ2) is 4.22. The van der Waals surface area contributed by atoms with Crippen LogP contribution in [0.25, 0.3) is 0 Å². The lowest BCUT2D eigenvalue weighted by molar-refractivity contribution is 0.0995. The summed E-state index contributed by atoms with van der Waals surface area (Å²) in [5, 5.41) is 3.80. The highest BCUT2D eigenvalue weighted by Gasteiger charge is 2.20. The summed E-state index contributed by atoms with van der Waals surface area (Å²) in [6.07, 6.45) is 3.73. The van der Waals surface area contributed by atoms with Gasteiger partial charge in [-0.1, -0.05) is 0 Å². The fraction of sp³-hybridized carbons (Fsp3) is 0.100. The molecule has 0 bridgehead atoms. The van der Waals surface area contributed by atoms with Crippen LogP contribution >= 0.6 is 0 Å². The van der Waals surface area contributed by atoms with Crippen molar-refractivity contribution < 1.29 is 13.2 Å². The van der Waals surface area contributed by atoms with Crippen LogP contribution in [0, 0.1) is 0 Å². The maximum atomic E-state index is 12.1. The van der Waals surface area contributed by atoms with E-state index in [1.807, 2.05) is 0 Å². The minimum absolute atomic E-state index is 0.0134. The van der Waals surface area contributed by atoms with Crippen molar-refractivity contribution in [2.75, 3.05) is 0 Å². The van der Waals surface area contributed by atoms with Crippen LogP contribution in [0.3, 0.4) is 0 Å². The first kappa shape index (κ1) is 12.2. The first-order valence-corrected chi connectivity index (χ1v) is 6.39. The minimum Gasteiger partial charge on any atom is -0.364 e. The van der Waals surface area contributed by atoms with E-state index in [2.05, 4.69) is 10.1 Å². The normalized spacial score (nSPS) is 11.4. The molecular weight excluding hydrogens is 256 g/mol. The number of pyridine rings is 1.